The second-order valence-corrected chi connectivity index (χ2v) is 3.74. The van der Waals surface area contributed by atoms with Gasteiger partial charge in [-0.15, -0.1) is 11.8 Å². The second kappa shape index (κ2) is 5.85. The van der Waals surface area contributed by atoms with Gasteiger partial charge in [0.05, 0.1) is 7.11 Å². The van der Waals surface area contributed by atoms with Gasteiger partial charge >= 0.3 is 0 Å². The van der Waals surface area contributed by atoms with Crippen molar-refractivity contribution in [1.29, 1.82) is 10.5 Å². The molecule has 0 heterocycles. The SMILES string of the molecule is COc1cc(C=C(C#N)C#N)ccc1SC. The van der Waals surface area contributed by atoms with E-state index in [1.165, 1.54) is 6.08 Å². The van der Waals surface area contributed by atoms with Gasteiger partial charge < -0.3 is 4.74 Å². The Morgan fingerprint density at radius 3 is 2.56 bits per heavy atom. The van der Waals surface area contributed by atoms with E-state index in [1.807, 2.05) is 30.5 Å². The molecule has 1 rings (SSSR count). The Kier molecular flexibility index (Phi) is 4.44. The Labute approximate surface area is 99.0 Å². The lowest BCUT2D eigenvalue weighted by Crippen LogP contribution is -1.87. The van der Waals surface area contributed by atoms with Crippen molar-refractivity contribution in [2.45, 2.75) is 4.90 Å². The predicted octanol–water partition coefficient (Wildman–Crippen LogP) is 2.85. The Balaban J connectivity index is 3.15. The van der Waals surface area contributed by atoms with Crippen LogP contribution in [-0.4, -0.2) is 13.4 Å². The monoisotopic (exact) mass is 230 g/mol. The van der Waals surface area contributed by atoms with E-state index in [2.05, 4.69) is 0 Å². The molecule has 0 fully saturated rings. The van der Waals surface area contributed by atoms with Crippen LogP contribution in [0.2, 0.25) is 0 Å². The maximum absolute atomic E-state index is 8.64. The molecule has 0 saturated heterocycles. The minimum Gasteiger partial charge on any atom is -0.496 e. The lowest BCUT2D eigenvalue weighted by molar-refractivity contribution is 0.405. The molecule has 0 spiro atoms. The highest BCUT2D eigenvalue weighted by Gasteiger charge is 2.02. The number of rotatable bonds is 3. The largest absolute Gasteiger partial charge is 0.496 e. The Morgan fingerprint density at radius 1 is 1.38 bits per heavy atom. The van der Waals surface area contributed by atoms with Gasteiger partial charge in [0.2, 0.25) is 0 Å². The van der Waals surface area contributed by atoms with Crippen LogP contribution in [-0.2, 0) is 0 Å². The topological polar surface area (TPSA) is 56.8 Å². The maximum atomic E-state index is 8.64. The van der Waals surface area contributed by atoms with Gasteiger partial charge in [-0.25, -0.2) is 0 Å². The summed E-state index contributed by atoms with van der Waals surface area (Å²) >= 11 is 1.58. The fourth-order valence-corrected chi connectivity index (χ4v) is 1.75. The molecule has 0 radical (unpaired) electrons. The summed E-state index contributed by atoms with van der Waals surface area (Å²) in [5.41, 5.74) is 0.867. The van der Waals surface area contributed by atoms with E-state index >= 15 is 0 Å². The molecule has 0 amide bonds. The molecular weight excluding hydrogens is 220 g/mol. The molecule has 0 unspecified atom stereocenters. The van der Waals surface area contributed by atoms with Crippen LogP contribution in [0.3, 0.4) is 0 Å². The minimum absolute atomic E-state index is 0.0824. The third-order valence-corrected chi connectivity index (χ3v) is 2.74. The van der Waals surface area contributed by atoms with E-state index in [0.29, 0.717) is 0 Å². The van der Waals surface area contributed by atoms with Gasteiger partial charge in [-0.2, -0.15) is 10.5 Å². The molecule has 0 aliphatic carbocycles. The highest BCUT2D eigenvalue weighted by atomic mass is 32.2. The smallest absolute Gasteiger partial charge is 0.132 e. The first kappa shape index (κ1) is 12.2. The molecule has 1 aromatic rings. The average molecular weight is 230 g/mol. The lowest BCUT2D eigenvalue weighted by atomic mass is 10.1. The third kappa shape index (κ3) is 2.79. The highest BCUT2D eigenvalue weighted by molar-refractivity contribution is 7.98. The highest BCUT2D eigenvalue weighted by Crippen LogP contribution is 2.28. The molecule has 0 N–H and O–H groups in total. The van der Waals surface area contributed by atoms with Crippen molar-refractivity contribution >= 4 is 17.8 Å². The van der Waals surface area contributed by atoms with E-state index < -0.39 is 0 Å². The molecule has 0 aliphatic rings. The van der Waals surface area contributed by atoms with Crippen LogP contribution in [0.25, 0.3) is 6.08 Å². The van der Waals surface area contributed by atoms with Crippen molar-refractivity contribution in [2.75, 3.05) is 13.4 Å². The van der Waals surface area contributed by atoms with E-state index in [1.54, 1.807) is 24.9 Å². The molecule has 4 heteroatoms. The predicted molar refractivity (Wildman–Crippen MR) is 64.0 cm³/mol. The van der Waals surface area contributed by atoms with Crippen molar-refractivity contribution < 1.29 is 4.74 Å². The molecule has 0 aromatic heterocycles. The summed E-state index contributed by atoms with van der Waals surface area (Å²) in [6.45, 7) is 0. The zero-order chi connectivity index (χ0) is 12.0. The number of hydrogen-bond donors (Lipinski definition) is 0. The summed E-state index contributed by atoms with van der Waals surface area (Å²) in [6.07, 6.45) is 3.50. The summed E-state index contributed by atoms with van der Waals surface area (Å²) in [7, 11) is 1.60. The summed E-state index contributed by atoms with van der Waals surface area (Å²) in [5, 5.41) is 17.3. The number of allylic oxidation sites excluding steroid dienone is 1. The van der Waals surface area contributed by atoms with Crippen molar-refractivity contribution in [3.05, 3.63) is 29.3 Å². The average Bonchev–Trinajstić information content (AvgIpc) is 2.35. The standard InChI is InChI=1S/C12H10N2OS/c1-15-11-6-9(3-4-12(11)16-2)5-10(7-13)8-14/h3-6H,1-2H3. The Morgan fingerprint density at radius 2 is 2.06 bits per heavy atom. The van der Waals surface area contributed by atoms with Gasteiger partial charge in [0, 0.05) is 4.90 Å². The molecule has 3 nitrogen and oxygen atoms in total. The molecule has 0 saturated carbocycles. The Bertz CT molecular complexity index is 479. The van der Waals surface area contributed by atoms with E-state index in [-0.39, 0.29) is 5.57 Å². The maximum Gasteiger partial charge on any atom is 0.132 e. The van der Waals surface area contributed by atoms with Crippen LogP contribution in [0.1, 0.15) is 5.56 Å². The summed E-state index contributed by atoms with van der Waals surface area (Å²) in [6, 6.07) is 9.20. The minimum atomic E-state index is 0.0824. The molecular formula is C12H10N2OS. The van der Waals surface area contributed by atoms with Gasteiger partial charge in [0.25, 0.3) is 0 Å². The van der Waals surface area contributed by atoms with Gasteiger partial charge in [-0.05, 0) is 30.0 Å². The van der Waals surface area contributed by atoms with Gasteiger partial charge in [0.1, 0.15) is 23.5 Å². The molecule has 80 valence electrons. The van der Waals surface area contributed by atoms with Crippen molar-refractivity contribution in [1.82, 2.24) is 0 Å². The van der Waals surface area contributed by atoms with Gasteiger partial charge in [-0.1, -0.05) is 6.07 Å². The number of ether oxygens (including phenoxy) is 1. The molecule has 0 bridgehead atoms. The summed E-state index contributed by atoms with van der Waals surface area (Å²) in [4.78, 5) is 1.02. The first-order valence-electron chi connectivity index (χ1n) is 4.49. The van der Waals surface area contributed by atoms with Crippen molar-refractivity contribution in [3.8, 4) is 17.9 Å². The number of methoxy groups -OCH3 is 1. The van der Waals surface area contributed by atoms with Gasteiger partial charge in [0.15, 0.2) is 0 Å². The first-order valence-corrected chi connectivity index (χ1v) is 5.71. The number of nitrogens with zero attached hydrogens (tertiary/aromatic N) is 2. The van der Waals surface area contributed by atoms with E-state index in [9.17, 15) is 0 Å². The molecule has 16 heavy (non-hydrogen) atoms. The Hall–Kier alpha value is -1.91. The fourth-order valence-electron chi connectivity index (χ4n) is 1.20. The van der Waals surface area contributed by atoms with Crippen LogP contribution < -0.4 is 4.74 Å². The molecule has 0 atom stereocenters. The van der Waals surface area contributed by atoms with Crippen molar-refractivity contribution in [2.24, 2.45) is 0 Å². The zero-order valence-corrected chi connectivity index (χ0v) is 9.84. The summed E-state index contributed by atoms with van der Waals surface area (Å²) < 4.78 is 5.21. The van der Waals surface area contributed by atoms with Crippen LogP contribution in [0.4, 0.5) is 0 Å². The number of nitriles is 2. The normalized spacial score (nSPS) is 8.75. The lowest BCUT2D eigenvalue weighted by Gasteiger charge is -2.06. The fraction of sp³-hybridized carbons (Fsp3) is 0.167. The van der Waals surface area contributed by atoms with Gasteiger partial charge in [-0.3, -0.25) is 0 Å². The molecule has 1 aromatic carbocycles. The van der Waals surface area contributed by atoms with Crippen molar-refractivity contribution in [3.63, 3.8) is 0 Å². The number of hydrogen-bond acceptors (Lipinski definition) is 4. The number of thioether (sulfide) groups is 1. The van der Waals surface area contributed by atoms with Crippen LogP contribution in [0, 0.1) is 22.7 Å². The van der Waals surface area contributed by atoms with Crippen LogP contribution in [0.5, 0.6) is 5.75 Å². The quantitative estimate of drug-likeness (QED) is 0.591. The van der Waals surface area contributed by atoms with Crippen LogP contribution >= 0.6 is 11.8 Å². The zero-order valence-electron chi connectivity index (χ0n) is 9.02. The summed E-state index contributed by atoms with van der Waals surface area (Å²) in [5.74, 6) is 0.747. The number of benzene rings is 1. The second-order valence-electron chi connectivity index (χ2n) is 2.90. The van der Waals surface area contributed by atoms with E-state index in [4.69, 9.17) is 15.3 Å². The van der Waals surface area contributed by atoms with E-state index in [0.717, 1.165) is 16.2 Å². The first-order chi connectivity index (χ1) is 7.74. The third-order valence-electron chi connectivity index (χ3n) is 1.96. The van der Waals surface area contributed by atoms with Crippen LogP contribution in [0.15, 0.2) is 28.7 Å². The molecule has 0 aliphatic heterocycles.